The van der Waals surface area contributed by atoms with Gasteiger partial charge >= 0.3 is 0 Å². The normalized spacial score (nSPS) is 11.5. The summed E-state index contributed by atoms with van der Waals surface area (Å²) < 4.78 is 26.2. The van der Waals surface area contributed by atoms with Crippen LogP contribution >= 0.6 is 22.7 Å². The van der Waals surface area contributed by atoms with Gasteiger partial charge in [-0.15, -0.1) is 22.7 Å². The highest BCUT2D eigenvalue weighted by molar-refractivity contribution is 7.91. The molecule has 1 amide bonds. The molecule has 0 aliphatic carbocycles. The van der Waals surface area contributed by atoms with E-state index in [1.165, 1.54) is 10.9 Å². The third-order valence-corrected chi connectivity index (χ3v) is 6.74. The summed E-state index contributed by atoms with van der Waals surface area (Å²) >= 11 is 2.76. The lowest BCUT2D eigenvalue weighted by molar-refractivity contribution is -0.120. The zero-order chi connectivity index (χ0) is 15.3. The van der Waals surface area contributed by atoms with Crippen LogP contribution in [0.5, 0.6) is 0 Å². The number of sulfonamides is 1. The summed E-state index contributed by atoms with van der Waals surface area (Å²) in [5.41, 5.74) is 0. The predicted octanol–water partition coefficient (Wildman–Crippen LogP) is 1.97. The average molecular weight is 344 g/mol. The maximum absolute atomic E-state index is 11.8. The van der Waals surface area contributed by atoms with E-state index in [0.29, 0.717) is 6.54 Å². The minimum absolute atomic E-state index is 0.209. The summed E-state index contributed by atoms with van der Waals surface area (Å²) in [6, 6.07) is 7.16. The molecule has 21 heavy (non-hydrogen) atoms. The molecule has 5 nitrogen and oxygen atoms in total. The summed E-state index contributed by atoms with van der Waals surface area (Å²) in [7, 11) is -3.58. The summed E-state index contributed by atoms with van der Waals surface area (Å²) in [4.78, 5) is 14.0. The van der Waals surface area contributed by atoms with Crippen molar-refractivity contribution < 1.29 is 13.2 Å². The van der Waals surface area contributed by atoms with Crippen molar-refractivity contribution >= 4 is 38.6 Å². The van der Waals surface area contributed by atoms with E-state index >= 15 is 0 Å². The van der Waals surface area contributed by atoms with Crippen molar-refractivity contribution in [1.82, 2.24) is 10.0 Å². The first-order valence-electron chi connectivity index (χ1n) is 6.38. The third kappa shape index (κ3) is 4.63. The molecule has 2 rings (SSSR count). The molecule has 0 saturated carbocycles. The zero-order valence-corrected chi connectivity index (χ0v) is 13.9. The van der Waals surface area contributed by atoms with E-state index in [1.54, 1.807) is 22.8 Å². The van der Waals surface area contributed by atoms with E-state index < -0.39 is 10.0 Å². The number of rotatable bonds is 7. The van der Waals surface area contributed by atoms with Gasteiger partial charge < -0.3 is 5.32 Å². The highest BCUT2D eigenvalue weighted by atomic mass is 32.2. The maximum Gasteiger partial charge on any atom is 0.250 e. The van der Waals surface area contributed by atoms with Crippen LogP contribution in [0.2, 0.25) is 0 Å². The van der Waals surface area contributed by atoms with E-state index in [1.807, 2.05) is 12.1 Å². The molecule has 0 atom stereocenters. The SMILES string of the molecule is CCc1ccc(CNC(=O)CNS(=O)(=O)c2cccs2)s1. The Kier molecular flexibility index (Phi) is 5.51. The van der Waals surface area contributed by atoms with Crippen LogP contribution in [0.4, 0.5) is 0 Å². The maximum atomic E-state index is 11.8. The molecule has 2 heterocycles. The molecule has 0 unspecified atom stereocenters. The fourth-order valence-corrected chi connectivity index (χ4v) is 4.52. The van der Waals surface area contributed by atoms with E-state index in [4.69, 9.17) is 0 Å². The highest BCUT2D eigenvalue weighted by Crippen LogP contribution is 2.16. The summed E-state index contributed by atoms with van der Waals surface area (Å²) in [6.07, 6.45) is 0.971. The molecular formula is C13H16N2O3S3. The topological polar surface area (TPSA) is 75.3 Å². The quantitative estimate of drug-likeness (QED) is 0.806. The van der Waals surface area contributed by atoms with Crippen LogP contribution in [0.25, 0.3) is 0 Å². The van der Waals surface area contributed by atoms with Crippen molar-refractivity contribution in [3.8, 4) is 0 Å². The van der Waals surface area contributed by atoms with Crippen molar-refractivity contribution in [3.05, 3.63) is 39.4 Å². The first kappa shape index (κ1) is 16.2. The lowest BCUT2D eigenvalue weighted by Crippen LogP contribution is -2.36. The predicted molar refractivity (Wildman–Crippen MR) is 85.1 cm³/mol. The number of aryl methyl sites for hydroxylation is 1. The molecule has 0 aromatic carbocycles. The van der Waals surface area contributed by atoms with Crippen LogP contribution in [-0.4, -0.2) is 20.9 Å². The molecule has 0 fully saturated rings. The standard InChI is InChI=1S/C13H16N2O3S3/c1-2-10-5-6-11(20-10)8-14-12(16)9-15-21(17,18)13-4-3-7-19-13/h3-7,15H,2,8-9H2,1H3,(H,14,16). The zero-order valence-electron chi connectivity index (χ0n) is 11.5. The van der Waals surface area contributed by atoms with Gasteiger partial charge in [-0.1, -0.05) is 13.0 Å². The van der Waals surface area contributed by atoms with E-state index in [-0.39, 0.29) is 16.7 Å². The average Bonchev–Trinajstić information content (AvgIpc) is 3.13. The van der Waals surface area contributed by atoms with Gasteiger partial charge in [-0.2, -0.15) is 0 Å². The van der Waals surface area contributed by atoms with Gasteiger partial charge in [0, 0.05) is 9.75 Å². The van der Waals surface area contributed by atoms with Crippen molar-refractivity contribution in [1.29, 1.82) is 0 Å². The highest BCUT2D eigenvalue weighted by Gasteiger charge is 2.16. The van der Waals surface area contributed by atoms with Gasteiger partial charge in [0.05, 0.1) is 13.1 Å². The lowest BCUT2D eigenvalue weighted by Gasteiger charge is -2.05. The molecule has 0 radical (unpaired) electrons. The molecule has 2 aromatic rings. The molecule has 2 aromatic heterocycles. The first-order valence-corrected chi connectivity index (χ1v) is 9.56. The van der Waals surface area contributed by atoms with E-state index in [0.717, 1.165) is 22.6 Å². The second kappa shape index (κ2) is 7.17. The number of thiophene rings is 2. The first-order chi connectivity index (χ1) is 10.0. The van der Waals surface area contributed by atoms with E-state index in [2.05, 4.69) is 17.0 Å². The molecule has 2 N–H and O–H groups in total. The molecule has 8 heteroatoms. The van der Waals surface area contributed by atoms with Crippen molar-refractivity contribution in [2.75, 3.05) is 6.54 Å². The second-order valence-corrected chi connectivity index (χ2v) is 8.45. The van der Waals surface area contributed by atoms with Gasteiger partial charge in [-0.05, 0) is 30.0 Å². The lowest BCUT2D eigenvalue weighted by atomic mass is 10.3. The second-order valence-electron chi connectivity index (χ2n) is 4.25. The molecule has 0 bridgehead atoms. The van der Waals surface area contributed by atoms with Gasteiger partial charge in [0.25, 0.3) is 10.0 Å². The van der Waals surface area contributed by atoms with Gasteiger partial charge in [0.1, 0.15) is 4.21 Å². The van der Waals surface area contributed by atoms with Gasteiger partial charge in [-0.3, -0.25) is 4.79 Å². The monoisotopic (exact) mass is 344 g/mol. The van der Waals surface area contributed by atoms with Crippen LogP contribution in [-0.2, 0) is 27.8 Å². The van der Waals surface area contributed by atoms with Crippen LogP contribution in [0.1, 0.15) is 16.7 Å². The molecule has 0 spiro atoms. The van der Waals surface area contributed by atoms with Crippen molar-refractivity contribution in [2.45, 2.75) is 24.1 Å². The Morgan fingerprint density at radius 2 is 2.00 bits per heavy atom. The molecule has 114 valence electrons. The minimum atomic E-state index is -3.58. The van der Waals surface area contributed by atoms with Crippen LogP contribution in [0.3, 0.4) is 0 Å². The number of hydrogen-bond donors (Lipinski definition) is 2. The fraction of sp³-hybridized carbons (Fsp3) is 0.308. The number of carbonyl (C=O) groups is 1. The van der Waals surface area contributed by atoms with Gasteiger partial charge in [-0.25, -0.2) is 13.1 Å². The smallest absolute Gasteiger partial charge is 0.250 e. The Morgan fingerprint density at radius 1 is 1.24 bits per heavy atom. The van der Waals surface area contributed by atoms with Crippen molar-refractivity contribution in [2.24, 2.45) is 0 Å². The fourth-order valence-electron chi connectivity index (χ4n) is 1.60. The minimum Gasteiger partial charge on any atom is -0.350 e. The largest absolute Gasteiger partial charge is 0.350 e. The molecule has 0 saturated heterocycles. The van der Waals surface area contributed by atoms with Gasteiger partial charge in [0.2, 0.25) is 5.91 Å². The van der Waals surface area contributed by atoms with Crippen LogP contribution < -0.4 is 10.0 Å². The van der Waals surface area contributed by atoms with Crippen molar-refractivity contribution in [3.63, 3.8) is 0 Å². The Morgan fingerprint density at radius 3 is 2.62 bits per heavy atom. The summed E-state index contributed by atoms with van der Waals surface area (Å²) in [6.45, 7) is 2.24. The number of carbonyl (C=O) groups excluding carboxylic acids is 1. The summed E-state index contributed by atoms with van der Waals surface area (Å²) in [5, 5.41) is 4.38. The Hall–Kier alpha value is -1.22. The third-order valence-electron chi connectivity index (χ3n) is 2.71. The number of amides is 1. The Balaban J connectivity index is 1.80. The number of nitrogens with one attached hydrogen (secondary N) is 2. The Bertz CT molecular complexity index is 690. The molecular weight excluding hydrogens is 328 g/mol. The van der Waals surface area contributed by atoms with Crippen LogP contribution in [0, 0.1) is 0 Å². The van der Waals surface area contributed by atoms with E-state index in [9.17, 15) is 13.2 Å². The Labute approximate surface area is 132 Å². The molecule has 0 aliphatic heterocycles. The summed E-state index contributed by atoms with van der Waals surface area (Å²) in [5.74, 6) is -0.346. The number of hydrogen-bond acceptors (Lipinski definition) is 5. The van der Waals surface area contributed by atoms with Crippen LogP contribution in [0.15, 0.2) is 33.9 Å². The van der Waals surface area contributed by atoms with Gasteiger partial charge in [0.15, 0.2) is 0 Å². The molecule has 0 aliphatic rings.